The van der Waals surface area contributed by atoms with Crippen molar-refractivity contribution < 1.29 is 13.9 Å². The predicted octanol–water partition coefficient (Wildman–Crippen LogP) is 4.92. The zero-order chi connectivity index (χ0) is 22.0. The largest absolute Gasteiger partial charge is 0.495 e. The van der Waals surface area contributed by atoms with Crippen LogP contribution in [0.1, 0.15) is 36.6 Å². The van der Waals surface area contributed by atoms with Gasteiger partial charge in [0.05, 0.1) is 24.8 Å². The van der Waals surface area contributed by atoms with Crippen LogP contribution in [0.15, 0.2) is 60.6 Å². The number of hydrogen-bond acceptors (Lipinski definition) is 3. The van der Waals surface area contributed by atoms with Gasteiger partial charge in [0, 0.05) is 24.4 Å². The summed E-state index contributed by atoms with van der Waals surface area (Å²) in [7, 11) is 1.64. The van der Waals surface area contributed by atoms with Crippen LogP contribution in [-0.4, -0.2) is 33.5 Å². The zero-order valence-electron chi connectivity index (χ0n) is 18.0. The van der Waals surface area contributed by atoms with Crippen molar-refractivity contribution in [2.75, 3.05) is 7.11 Å². The molecule has 31 heavy (non-hydrogen) atoms. The van der Waals surface area contributed by atoms with E-state index in [1.807, 2.05) is 46.9 Å². The molecule has 1 amide bonds. The molecule has 0 N–H and O–H groups in total. The third-order valence-corrected chi connectivity index (χ3v) is 5.70. The van der Waals surface area contributed by atoms with Crippen molar-refractivity contribution in [3.63, 3.8) is 0 Å². The van der Waals surface area contributed by atoms with Gasteiger partial charge in [0.1, 0.15) is 11.6 Å². The Morgan fingerprint density at radius 3 is 2.68 bits per heavy atom. The minimum atomic E-state index is -0.273. The number of rotatable bonds is 5. The highest BCUT2D eigenvalue weighted by Gasteiger charge is 2.28. The summed E-state index contributed by atoms with van der Waals surface area (Å²) in [6.07, 6.45) is 7.25. The average molecular weight is 420 g/mol. The highest BCUT2D eigenvalue weighted by molar-refractivity contribution is 5.98. The van der Waals surface area contributed by atoms with Crippen molar-refractivity contribution in [3.05, 3.63) is 83.2 Å². The number of likely N-dealkylation sites (tertiary alicyclic amines) is 1. The van der Waals surface area contributed by atoms with Crippen LogP contribution in [-0.2, 0) is 11.3 Å². The van der Waals surface area contributed by atoms with Crippen LogP contribution < -0.4 is 4.74 Å². The van der Waals surface area contributed by atoms with E-state index in [1.165, 1.54) is 12.1 Å². The van der Waals surface area contributed by atoms with Crippen molar-refractivity contribution in [1.29, 1.82) is 0 Å². The van der Waals surface area contributed by atoms with Gasteiger partial charge in [0.2, 0.25) is 5.91 Å². The van der Waals surface area contributed by atoms with Gasteiger partial charge in [-0.2, -0.15) is 0 Å². The van der Waals surface area contributed by atoms with Gasteiger partial charge in [-0.15, -0.1) is 0 Å². The average Bonchev–Trinajstić information content (AvgIpc) is 3.20. The van der Waals surface area contributed by atoms with Gasteiger partial charge >= 0.3 is 0 Å². The van der Waals surface area contributed by atoms with Crippen LogP contribution in [0.2, 0.25) is 0 Å². The fourth-order valence-electron chi connectivity index (χ4n) is 3.91. The Hall–Kier alpha value is -3.41. The summed E-state index contributed by atoms with van der Waals surface area (Å²) in [5, 5.41) is 0. The first-order valence-electron chi connectivity index (χ1n) is 10.4. The number of aryl methyl sites for hydroxylation is 1. The number of imidazole rings is 1. The maximum absolute atomic E-state index is 13.2. The summed E-state index contributed by atoms with van der Waals surface area (Å²) >= 11 is 0. The molecule has 4 rings (SSSR count). The van der Waals surface area contributed by atoms with Crippen molar-refractivity contribution in [2.45, 2.75) is 39.3 Å². The van der Waals surface area contributed by atoms with Crippen LogP contribution >= 0.6 is 0 Å². The summed E-state index contributed by atoms with van der Waals surface area (Å²) in [6.45, 7) is 4.47. The molecule has 0 saturated carbocycles. The number of ether oxygens (including phenoxy) is 1. The third kappa shape index (κ3) is 4.53. The second-order valence-electron chi connectivity index (χ2n) is 7.97. The van der Waals surface area contributed by atoms with Gasteiger partial charge in [-0.1, -0.05) is 18.2 Å². The molecule has 5 nitrogen and oxygen atoms in total. The number of carbonyl (C=O) groups excluding carboxylic acids is 1. The molecule has 1 atom stereocenters. The molecule has 2 heterocycles. The van der Waals surface area contributed by atoms with E-state index < -0.39 is 0 Å². The maximum atomic E-state index is 13.2. The molecular formula is C25H26FN3O2. The number of carbonyl (C=O) groups is 1. The number of piperidine rings is 1. The predicted molar refractivity (Wildman–Crippen MR) is 118 cm³/mol. The third-order valence-electron chi connectivity index (χ3n) is 5.70. The van der Waals surface area contributed by atoms with E-state index >= 15 is 0 Å². The molecule has 1 aromatic heterocycles. The summed E-state index contributed by atoms with van der Waals surface area (Å²) in [4.78, 5) is 19.3. The van der Waals surface area contributed by atoms with E-state index in [-0.39, 0.29) is 17.8 Å². The minimum absolute atomic E-state index is 0.0244. The Balaban J connectivity index is 1.58. The van der Waals surface area contributed by atoms with E-state index in [2.05, 4.69) is 11.9 Å². The Morgan fingerprint density at radius 2 is 2.00 bits per heavy atom. The molecule has 0 bridgehead atoms. The van der Waals surface area contributed by atoms with Crippen LogP contribution in [0, 0.1) is 12.7 Å². The molecule has 0 unspecified atom stereocenters. The SMILES string of the molecule is COc1cc(C=C2CC[C@@H](C)N(Cc3ccc(F)cc3)C2=O)ccc1-n1cnc(C)c1. The first-order valence-corrected chi connectivity index (χ1v) is 10.4. The van der Waals surface area contributed by atoms with Crippen LogP contribution in [0.4, 0.5) is 4.39 Å². The number of methoxy groups -OCH3 is 1. The summed E-state index contributed by atoms with van der Waals surface area (Å²) in [5.74, 6) is 0.466. The molecule has 1 aliphatic heterocycles. The quantitative estimate of drug-likeness (QED) is 0.552. The molecule has 1 saturated heterocycles. The Morgan fingerprint density at radius 1 is 1.23 bits per heavy atom. The molecular weight excluding hydrogens is 393 g/mol. The summed E-state index contributed by atoms with van der Waals surface area (Å²) in [5.41, 5.74) is 4.43. The first-order chi connectivity index (χ1) is 14.9. The van der Waals surface area contributed by atoms with Gasteiger partial charge in [0.25, 0.3) is 0 Å². The molecule has 3 aromatic rings. The number of amides is 1. The lowest BCUT2D eigenvalue weighted by atomic mass is 9.95. The van der Waals surface area contributed by atoms with Crippen LogP contribution in [0.3, 0.4) is 0 Å². The smallest absolute Gasteiger partial charge is 0.250 e. The number of halogens is 1. The minimum Gasteiger partial charge on any atom is -0.495 e. The van der Waals surface area contributed by atoms with Gasteiger partial charge in [-0.25, -0.2) is 9.37 Å². The molecule has 160 valence electrons. The van der Waals surface area contributed by atoms with E-state index in [0.29, 0.717) is 12.3 Å². The second-order valence-corrected chi connectivity index (χ2v) is 7.97. The number of benzene rings is 2. The summed E-state index contributed by atoms with van der Waals surface area (Å²) in [6, 6.07) is 12.4. The Kier molecular flexibility index (Phi) is 5.89. The zero-order valence-corrected chi connectivity index (χ0v) is 18.0. The van der Waals surface area contributed by atoms with Crippen molar-refractivity contribution in [1.82, 2.24) is 14.5 Å². The fraction of sp³-hybridized carbons (Fsp3) is 0.280. The van der Waals surface area contributed by atoms with E-state index in [9.17, 15) is 9.18 Å². The lowest BCUT2D eigenvalue weighted by Gasteiger charge is -2.35. The highest BCUT2D eigenvalue weighted by Crippen LogP contribution is 2.29. The molecule has 1 fully saturated rings. The lowest BCUT2D eigenvalue weighted by molar-refractivity contribution is -0.131. The van der Waals surface area contributed by atoms with Crippen LogP contribution in [0.25, 0.3) is 11.8 Å². The normalized spacial score (nSPS) is 17.9. The standard InChI is InChI=1S/C25H26FN3O2/c1-17-14-28(16-27-17)23-11-7-20(13-24(23)31-3)12-21-8-4-18(2)29(25(21)30)15-19-5-9-22(26)10-6-19/h5-7,9-14,16,18H,4,8,15H2,1-3H3/t18-/m1/s1. The van der Waals surface area contributed by atoms with Crippen molar-refractivity contribution in [3.8, 4) is 11.4 Å². The lowest BCUT2D eigenvalue weighted by Crippen LogP contribution is -2.42. The second kappa shape index (κ2) is 8.76. The highest BCUT2D eigenvalue weighted by atomic mass is 19.1. The molecule has 0 aliphatic carbocycles. The van der Waals surface area contributed by atoms with Gasteiger partial charge in [0.15, 0.2) is 0 Å². The van der Waals surface area contributed by atoms with Crippen molar-refractivity contribution in [2.24, 2.45) is 0 Å². The van der Waals surface area contributed by atoms with E-state index in [4.69, 9.17) is 4.74 Å². The van der Waals surface area contributed by atoms with E-state index in [1.54, 1.807) is 25.6 Å². The molecule has 0 spiro atoms. The molecule has 0 radical (unpaired) electrons. The number of hydrogen-bond donors (Lipinski definition) is 0. The molecule has 6 heteroatoms. The summed E-state index contributed by atoms with van der Waals surface area (Å²) < 4.78 is 20.7. The monoisotopic (exact) mass is 419 g/mol. The van der Waals surface area contributed by atoms with Gasteiger partial charge in [-0.05, 0) is 68.2 Å². The Bertz CT molecular complexity index is 1120. The molecule has 2 aromatic carbocycles. The molecule has 1 aliphatic rings. The van der Waals surface area contributed by atoms with Crippen molar-refractivity contribution >= 4 is 12.0 Å². The number of aromatic nitrogens is 2. The van der Waals surface area contributed by atoms with Gasteiger partial charge < -0.3 is 14.2 Å². The fourth-order valence-corrected chi connectivity index (χ4v) is 3.91. The van der Waals surface area contributed by atoms with Crippen LogP contribution in [0.5, 0.6) is 5.75 Å². The topological polar surface area (TPSA) is 47.4 Å². The Labute approximate surface area is 181 Å². The van der Waals surface area contributed by atoms with E-state index in [0.717, 1.165) is 40.9 Å². The number of nitrogens with zero attached hydrogens (tertiary/aromatic N) is 3. The maximum Gasteiger partial charge on any atom is 0.250 e. The first kappa shape index (κ1) is 20.8. The van der Waals surface area contributed by atoms with Gasteiger partial charge in [-0.3, -0.25) is 4.79 Å².